The molecule has 1 amide bonds. The minimum atomic E-state index is -4.17. The van der Waals surface area contributed by atoms with E-state index in [0.29, 0.717) is 19.5 Å². The van der Waals surface area contributed by atoms with Crippen LogP contribution in [0.15, 0.2) is 24.3 Å². The highest BCUT2D eigenvalue weighted by Crippen LogP contribution is 2.17. The number of benzene rings is 1. The molecule has 124 valence electrons. The van der Waals surface area contributed by atoms with Crippen molar-refractivity contribution >= 4 is 18.3 Å². The quantitative estimate of drug-likeness (QED) is 0.847. The Morgan fingerprint density at radius 1 is 1.18 bits per heavy atom. The number of aryl methyl sites for hydroxylation is 1. The summed E-state index contributed by atoms with van der Waals surface area (Å²) in [4.78, 5) is 15.1. The molecule has 7 heteroatoms. The zero-order chi connectivity index (χ0) is 15.5. The van der Waals surface area contributed by atoms with E-state index in [1.165, 1.54) is 4.90 Å². The van der Waals surface area contributed by atoms with Crippen molar-refractivity contribution in [3.63, 3.8) is 0 Å². The summed E-state index contributed by atoms with van der Waals surface area (Å²) in [5, 5.41) is 0. The van der Waals surface area contributed by atoms with Gasteiger partial charge in [-0.15, -0.1) is 12.4 Å². The van der Waals surface area contributed by atoms with Gasteiger partial charge < -0.3 is 4.90 Å². The van der Waals surface area contributed by atoms with E-state index in [-0.39, 0.29) is 31.4 Å². The van der Waals surface area contributed by atoms with Gasteiger partial charge in [0, 0.05) is 26.2 Å². The lowest BCUT2D eigenvalue weighted by Gasteiger charge is -2.35. The third-order valence-corrected chi connectivity index (χ3v) is 3.57. The van der Waals surface area contributed by atoms with Crippen LogP contribution in [0.3, 0.4) is 0 Å². The van der Waals surface area contributed by atoms with Crippen LogP contribution in [0.2, 0.25) is 0 Å². The predicted octanol–water partition coefficient (Wildman–Crippen LogP) is 2.67. The molecular weight excluding hydrogens is 317 g/mol. The van der Waals surface area contributed by atoms with Gasteiger partial charge in [0.05, 0.1) is 13.0 Å². The molecule has 2 rings (SSSR count). The van der Waals surface area contributed by atoms with Crippen molar-refractivity contribution in [2.24, 2.45) is 0 Å². The number of alkyl halides is 3. The molecule has 0 radical (unpaired) electrons. The van der Waals surface area contributed by atoms with Gasteiger partial charge in [0.1, 0.15) is 0 Å². The fraction of sp³-hybridized carbons (Fsp3) is 0.533. The average molecular weight is 337 g/mol. The Kier molecular flexibility index (Phi) is 6.68. The van der Waals surface area contributed by atoms with Gasteiger partial charge in [-0.3, -0.25) is 9.69 Å². The van der Waals surface area contributed by atoms with Crippen molar-refractivity contribution in [3.05, 3.63) is 35.4 Å². The van der Waals surface area contributed by atoms with Crippen LogP contribution < -0.4 is 0 Å². The van der Waals surface area contributed by atoms with Crippen molar-refractivity contribution in [2.75, 3.05) is 32.7 Å². The maximum absolute atomic E-state index is 12.3. The molecule has 0 N–H and O–H groups in total. The minimum absolute atomic E-state index is 0. The summed E-state index contributed by atoms with van der Waals surface area (Å²) < 4.78 is 36.9. The largest absolute Gasteiger partial charge is 0.401 e. The number of hydrogen-bond acceptors (Lipinski definition) is 2. The summed E-state index contributed by atoms with van der Waals surface area (Å²) in [7, 11) is 0. The number of hydrogen-bond donors (Lipinski definition) is 0. The normalized spacial score (nSPS) is 16.3. The molecule has 0 aliphatic carbocycles. The Morgan fingerprint density at radius 2 is 1.82 bits per heavy atom. The lowest BCUT2D eigenvalue weighted by Crippen LogP contribution is -2.51. The molecule has 1 heterocycles. The Hall–Kier alpha value is -1.27. The number of amides is 1. The summed E-state index contributed by atoms with van der Waals surface area (Å²) in [6, 6.07) is 7.71. The zero-order valence-electron chi connectivity index (χ0n) is 12.4. The van der Waals surface area contributed by atoms with Gasteiger partial charge in [0.2, 0.25) is 5.91 Å². The van der Waals surface area contributed by atoms with E-state index < -0.39 is 12.7 Å². The van der Waals surface area contributed by atoms with Gasteiger partial charge in [0.15, 0.2) is 0 Å². The van der Waals surface area contributed by atoms with Crippen molar-refractivity contribution in [1.29, 1.82) is 0 Å². The summed E-state index contributed by atoms with van der Waals surface area (Å²) in [5.41, 5.74) is 2.04. The molecule has 1 aromatic rings. The molecule has 1 aliphatic heterocycles. The van der Waals surface area contributed by atoms with E-state index in [0.717, 1.165) is 11.1 Å². The Bertz CT molecular complexity index is 500. The zero-order valence-corrected chi connectivity index (χ0v) is 13.2. The summed E-state index contributed by atoms with van der Waals surface area (Å²) in [6.07, 6.45) is -3.87. The van der Waals surface area contributed by atoms with Crippen molar-refractivity contribution < 1.29 is 18.0 Å². The van der Waals surface area contributed by atoms with Crippen LogP contribution in [0.4, 0.5) is 13.2 Å². The van der Waals surface area contributed by atoms with E-state index in [1.54, 1.807) is 4.90 Å². The van der Waals surface area contributed by atoms with Crippen LogP contribution in [0.5, 0.6) is 0 Å². The molecule has 0 bridgehead atoms. The van der Waals surface area contributed by atoms with E-state index in [1.807, 2.05) is 31.2 Å². The van der Waals surface area contributed by atoms with Crippen LogP contribution in [-0.4, -0.2) is 54.6 Å². The van der Waals surface area contributed by atoms with E-state index >= 15 is 0 Å². The van der Waals surface area contributed by atoms with Crippen LogP contribution in [0, 0.1) is 6.92 Å². The molecular formula is C15H20ClF3N2O. The van der Waals surface area contributed by atoms with Gasteiger partial charge >= 0.3 is 6.18 Å². The highest BCUT2D eigenvalue weighted by Gasteiger charge is 2.32. The van der Waals surface area contributed by atoms with Gasteiger partial charge in [-0.05, 0) is 12.5 Å². The average Bonchev–Trinajstić information content (AvgIpc) is 2.37. The van der Waals surface area contributed by atoms with E-state index in [9.17, 15) is 18.0 Å². The Labute approximate surface area is 134 Å². The summed E-state index contributed by atoms with van der Waals surface area (Å²) in [6.45, 7) is 2.34. The number of carbonyl (C=O) groups excluding carboxylic acids is 1. The lowest BCUT2D eigenvalue weighted by molar-refractivity contribution is -0.151. The fourth-order valence-electron chi connectivity index (χ4n) is 2.52. The van der Waals surface area contributed by atoms with Crippen molar-refractivity contribution in [2.45, 2.75) is 19.5 Å². The molecule has 0 atom stereocenters. The smallest absolute Gasteiger partial charge is 0.340 e. The number of nitrogens with zero attached hydrogens (tertiary/aromatic N) is 2. The molecule has 0 spiro atoms. The number of piperazine rings is 1. The molecule has 1 aliphatic rings. The number of rotatable bonds is 3. The topological polar surface area (TPSA) is 23.6 Å². The lowest BCUT2D eigenvalue weighted by atomic mass is 10.1. The van der Waals surface area contributed by atoms with Gasteiger partial charge in [-0.25, -0.2) is 0 Å². The van der Waals surface area contributed by atoms with Crippen molar-refractivity contribution in [1.82, 2.24) is 9.80 Å². The van der Waals surface area contributed by atoms with E-state index in [2.05, 4.69) is 0 Å². The molecule has 0 unspecified atom stereocenters. The van der Waals surface area contributed by atoms with Gasteiger partial charge in [-0.2, -0.15) is 13.2 Å². The van der Waals surface area contributed by atoms with Crippen molar-refractivity contribution in [3.8, 4) is 0 Å². The fourth-order valence-corrected chi connectivity index (χ4v) is 2.52. The minimum Gasteiger partial charge on any atom is -0.340 e. The molecule has 22 heavy (non-hydrogen) atoms. The maximum Gasteiger partial charge on any atom is 0.401 e. The molecule has 3 nitrogen and oxygen atoms in total. The molecule has 1 aromatic carbocycles. The van der Waals surface area contributed by atoms with Crippen LogP contribution >= 0.6 is 12.4 Å². The van der Waals surface area contributed by atoms with Gasteiger partial charge in [-0.1, -0.05) is 29.8 Å². The maximum atomic E-state index is 12.3. The van der Waals surface area contributed by atoms with Crippen LogP contribution in [0.25, 0.3) is 0 Å². The third kappa shape index (κ3) is 5.85. The predicted molar refractivity (Wildman–Crippen MR) is 81.2 cm³/mol. The van der Waals surface area contributed by atoms with Crippen LogP contribution in [-0.2, 0) is 11.2 Å². The number of carbonyl (C=O) groups is 1. The molecule has 0 saturated carbocycles. The Morgan fingerprint density at radius 3 is 2.36 bits per heavy atom. The number of halogens is 4. The second kappa shape index (κ2) is 7.83. The molecule has 1 saturated heterocycles. The Balaban J connectivity index is 0.00000242. The highest BCUT2D eigenvalue weighted by atomic mass is 35.5. The first-order valence-corrected chi connectivity index (χ1v) is 6.96. The monoisotopic (exact) mass is 336 g/mol. The first kappa shape index (κ1) is 18.8. The second-order valence-corrected chi connectivity index (χ2v) is 5.44. The SMILES string of the molecule is Cc1cccc(CC(=O)N2CCN(CC(F)(F)F)CC2)c1.Cl. The van der Waals surface area contributed by atoms with Crippen LogP contribution in [0.1, 0.15) is 11.1 Å². The highest BCUT2D eigenvalue weighted by molar-refractivity contribution is 5.85. The standard InChI is InChI=1S/C15H19F3N2O.ClH/c1-12-3-2-4-13(9-12)10-14(21)20-7-5-19(6-8-20)11-15(16,17)18;/h2-4,9H,5-8,10-11H2,1H3;1H. The summed E-state index contributed by atoms with van der Waals surface area (Å²) >= 11 is 0. The van der Waals surface area contributed by atoms with Gasteiger partial charge in [0.25, 0.3) is 0 Å². The first-order valence-electron chi connectivity index (χ1n) is 6.96. The van der Waals surface area contributed by atoms with E-state index in [4.69, 9.17) is 0 Å². The first-order chi connectivity index (χ1) is 9.83. The second-order valence-electron chi connectivity index (χ2n) is 5.44. The molecule has 0 aromatic heterocycles. The molecule has 1 fully saturated rings. The summed E-state index contributed by atoms with van der Waals surface area (Å²) in [5.74, 6) is -0.0211. The third-order valence-electron chi connectivity index (χ3n) is 3.57.